The molecule has 0 atom stereocenters. The molecule has 6 heteroatoms. The highest BCUT2D eigenvalue weighted by atomic mass is 19.4. The number of hydrogen-bond acceptors (Lipinski definition) is 3. The molecule has 0 N–H and O–H groups in total. The Morgan fingerprint density at radius 3 is 2.35 bits per heavy atom. The van der Waals surface area contributed by atoms with Gasteiger partial charge in [-0.2, -0.15) is 0 Å². The monoisotopic (exact) mass is 249 g/mol. The molecule has 0 aliphatic heterocycles. The Hall–Kier alpha value is -1.59. The highest BCUT2D eigenvalue weighted by molar-refractivity contribution is 5.60. The summed E-state index contributed by atoms with van der Waals surface area (Å²) >= 11 is 0. The number of nitrogens with zero attached hydrogens (tertiary/aromatic N) is 1. The molecular weight excluding hydrogens is 235 g/mol. The number of rotatable bonds is 4. The van der Waals surface area contributed by atoms with Crippen LogP contribution >= 0.6 is 0 Å². The van der Waals surface area contributed by atoms with E-state index in [4.69, 9.17) is 4.74 Å². The number of alkyl halides is 3. The van der Waals surface area contributed by atoms with E-state index in [-0.39, 0.29) is 5.75 Å². The van der Waals surface area contributed by atoms with Gasteiger partial charge in [-0.25, -0.2) is 0 Å². The van der Waals surface area contributed by atoms with Crippen molar-refractivity contribution in [2.24, 2.45) is 0 Å². The van der Waals surface area contributed by atoms with Crippen LogP contribution in [0.15, 0.2) is 18.2 Å². The maximum absolute atomic E-state index is 12.2. The molecule has 0 saturated carbocycles. The van der Waals surface area contributed by atoms with E-state index in [2.05, 4.69) is 4.74 Å². The fourth-order valence-electron chi connectivity index (χ4n) is 1.31. The second kappa shape index (κ2) is 5.16. The summed E-state index contributed by atoms with van der Waals surface area (Å²) in [6.07, 6.45) is -4.70. The van der Waals surface area contributed by atoms with E-state index in [1.165, 1.54) is 23.1 Å². The van der Waals surface area contributed by atoms with Crippen LogP contribution in [0.25, 0.3) is 0 Å². The van der Waals surface area contributed by atoms with Gasteiger partial charge in [0.1, 0.15) is 5.75 Å². The molecule has 1 rings (SSSR count). The fourth-order valence-corrected chi connectivity index (χ4v) is 1.31. The van der Waals surface area contributed by atoms with E-state index in [9.17, 15) is 13.2 Å². The molecular formula is C11H14F3NO2. The summed E-state index contributed by atoms with van der Waals surface area (Å²) in [6, 6.07) is 4.19. The van der Waals surface area contributed by atoms with E-state index in [0.29, 0.717) is 18.0 Å². The summed E-state index contributed by atoms with van der Waals surface area (Å²) in [6.45, 7) is 2.25. The molecule has 0 bridgehead atoms. The van der Waals surface area contributed by atoms with Crippen LogP contribution < -0.4 is 14.4 Å². The van der Waals surface area contributed by atoms with Gasteiger partial charge in [-0.05, 0) is 19.1 Å². The lowest BCUT2D eigenvalue weighted by Crippen LogP contribution is -2.20. The lowest BCUT2D eigenvalue weighted by molar-refractivity contribution is -0.274. The van der Waals surface area contributed by atoms with Crippen LogP contribution in [0.5, 0.6) is 11.5 Å². The van der Waals surface area contributed by atoms with Crippen LogP contribution in [0.3, 0.4) is 0 Å². The highest BCUT2D eigenvalue weighted by Gasteiger charge is 2.32. The van der Waals surface area contributed by atoms with Crippen molar-refractivity contribution >= 4 is 5.69 Å². The van der Waals surface area contributed by atoms with Crippen LogP contribution in [0.1, 0.15) is 6.92 Å². The van der Waals surface area contributed by atoms with Gasteiger partial charge in [0.25, 0.3) is 0 Å². The van der Waals surface area contributed by atoms with Gasteiger partial charge in [0.2, 0.25) is 0 Å². The lowest BCUT2D eigenvalue weighted by atomic mass is 10.2. The van der Waals surface area contributed by atoms with Crippen molar-refractivity contribution < 1.29 is 22.6 Å². The molecule has 0 amide bonds. The predicted octanol–water partition coefficient (Wildman–Crippen LogP) is 3.05. The van der Waals surface area contributed by atoms with E-state index >= 15 is 0 Å². The predicted molar refractivity (Wildman–Crippen MR) is 58.6 cm³/mol. The molecule has 17 heavy (non-hydrogen) atoms. The summed E-state index contributed by atoms with van der Waals surface area (Å²) in [5.74, 6) is 0.261. The zero-order valence-corrected chi connectivity index (χ0v) is 9.84. The minimum absolute atomic E-state index is 0.244. The van der Waals surface area contributed by atoms with Gasteiger partial charge in [0, 0.05) is 20.2 Å². The Labute approximate surface area is 97.7 Å². The Balaban J connectivity index is 3.04. The van der Waals surface area contributed by atoms with Crippen LogP contribution in [-0.4, -0.2) is 27.1 Å². The van der Waals surface area contributed by atoms with Gasteiger partial charge in [-0.15, -0.1) is 13.2 Å². The largest absolute Gasteiger partial charge is 0.573 e. The van der Waals surface area contributed by atoms with E-state index in [0.717, 1.165) is 0 Å². The average Bonchev–Trinajstić information content (AvgIpc) is 2.18. The molecule has 0 radical (unpaired) electrons. The van der Waals surface area contributed by atoms with Gasteiger partial charge in [0.15, 0.2) is 5.75 Å². The van der Waals surface area contributed by atoms with Gasteiger partial charge >= 0.3 is 6.36 Å². The highest BCUT2D eigenvalue weighted by Crippen LogP contribution is 2.34. The Bertz CT molecular complexity index is 377. The standard InChI is InChI=1S/C11H14F3NO2/c1-4-16-8-5-6-10(17-11(12,13)14)9(7-8)15(2)3/h5-7H,4H2,1-3H3. The second-order valence-electron chi connectivity index (χ2n) is 3.50. The van der Waals surface area contributed by atoms with Crippen molar-refractivity contribution in [3.8, 4) is 11.5 Å². The molecule has 3 nitrogen and oxygen atoms in total. The second-order valence-corrected chi connectivity index (χ2v) is 3.50. The first kappa shape index (κ1) is 13.5. The molecule has 0 aliphatic carbocycles. The number of halogens is 3. The molecule has 1 aromatic rings. The number of ether oxygens (including phenoxy) is 2. The van der Waals surface area contributed by atoms with E-state index in [1.54, 1.807) is 21.0 Å². The molecule has 0 aromatic heterocycles. The quantitative estimate of drug-likeness (QED) is 0.818. The van der Waals surface area contributed by atoms with Crippen LogP contribution in [0.2, 0.25) is 0 Å². The first-order chi connectivity index (χ1) is 7.83. The lowest BCUT2D eigenvalue weighted by Gasteiger charge is -2.19. The van der Waals surface area contributed by atoms with Crippen molar-refractivity contribution in [1.82, 2.24) is 0 Å². The first-order valence-corrected chi connectivity index (χ1v) is 5.03. The van der Waals surface area contributed by atoms with Gasteiger partial charge < -0.3 is 14.4 Å². The maximum atomic E-state index is 12.2. The molecule has 96 valence electrons. The Morgan fingerprint density at radius 1 is 1.24 bits per heavy atom. The minimum atomic E-state index is -4.70. The third-order valence-corrected chi connectivity index (χ3v) is 1.95. The maximum Gasteiger partial charge on any atom is 0.573 e. The summed E-state index contributed by atoms with van der Waals surface area (Å²) in [4.78, 5) is 1.53. The average molecular weight is 249 g/mol. The van der Waals surface area contributed by atoms with Crippen molar-refractivity contribution in [2.45, 2.75) is 13.3 Å². The molecule has 1 aromatic carbocycles. The Kier molecular flexibility index (Phi) is 4.09. The Morgan fingerprint density at radius 2 is 1.88 bits per heavy atom. The zero-order chi connectivity index (χ0) is 13.1. The van der Waals surface area contributed by atoms with Crippen molar-refractivity contribution in [3.05, 3.63) is 18.2 Å². The van der Waals surface area contributed by atoms with E-state index in [1.807, 2.05) is 0 Å². The van der Waals surface area contributed by atoms with Crippen LogP contribution in [0.4, 0.5) is 18.9 Å². The molecule has 0 spiro atoms. The molecule has 0 fully saturated rings. The third kappa shape index (κ3) is 4.05. The molecule has 0 aliphatic rings. The van der Waals surface area contributed by atoms with Crippen LogP contribution in [0, 0.1) is 0 Å². The van der Waals surface area contributed by atoms with Crippen molar-refractivity contribution in [2.75, 3.05) is 25.6 Å². The normalized spacial score (nSPS) is 11.2. The van der Waals surface area contributed by atoms with Crippen molar-refractivity contribution in [3.63, 3.8) is 0 Å². The first-order valence-electron chi connectivity index (χ1n) is 5.03. The summed E-state index contributed by atoms with van der Waals surface area (Å²) in [5, 5.41) is 0. The minimum Gasteiger partial charge on any atom is -0.494 e. The van der Waals surface area contributed by atoms with Gasteiger partial charge in [-0.3, -0.25) is 0 Å². The number of benzene rings is 1. The molecule has 0 unspecified atom stereocenters. The fraction of sp³-hybridized carbons (Fsp3) is 0.455. The number of hydrogen-bond donors (Lipinski definition) is 0. The van der Waals surface area contributed by atoms with Gasteiger partial charge in [0.05, 0.1) is 12.3 Å². The summed E-state index contributed by atoms with van der Waals surface area (Å²) < 4.78 is 45.6. The van der Waals surface area contributed by atoms with Crippen molar-refractivity contribution in [1.29, 1.82) is 0 Å². The zero-order valence-electron chi connectivity index (χ0n) is 9.84. The summed E-state index contributed by atoms with van der Waals surface area (Å²) in [7, 11) is 3.27. The molecule has 0 heterocycles. The number of anilines is 1. The smallest absolute Gasteiger partial charge is 0.494 e. The topological polar surface area (TPSA) is 21.7 Å². The molecule has 0 saturated heterocycles. The van der Waals surface area contributed by atoms with Crippen LogP contribution in [-0.2, 0) is 0 Å². The summed E-state index contributed by atoms with van der Waals surface area (Å²) in [5.41, 5.74) is 0.313. The van der Waals surface area contributed by atoms with Gasteiger partial charge in [-0.1, -0.05) is 0 Å². The third-order valence-electron chi connectivity index (χ3n) is 1.95. The SMILES string of the molecule is CCOc1ccc(OC(F)(F)F)c(N(C)C)c1. The van der Waals surface area contributed by atoms with E-state index < -0.39 is 6.36 Å².